The third-order valence-corrected chi connectivity index (χ3v) is 5.53. The summed E-state index contributed by atoms with van der Waals surface area (Å²) >= 11 is 0. The summed E-state index contributed by atoms with van der Waals surface area (Å²) in [5.74, 6) is 0.402. The minimum Gasteiger partial charge on any atom is -0.397 e. The lowest BCUT2D eigenvalue weighted by atomic mass is 10.1. The Morgan fingerprint density at radius 3 is 2.65 bits per heavy atom. The van der Waals surface area contributed by atoms with Crippen LogP contribution in [0, 0.1) is 0 Å². The molecule has 2 heterocycles. The van der Waals surface area contributed by atoms with Gasteiger partial charge in [-0.25, -0.2) is 8.42 Å². The number of hydrogen-bond acceptors (Lipinski definition) is 5. The van der Waals surface area contributed by atoms with Crippen LogP contribution in [0.25, 0.3) is 0 Å². The number of nitrogens with one attached hydrogen (secondary N) is 2. The van der Waals surface area contributed by atoms with Gasteiger partial charge in [0.15, 0.2) is 0 Å². The Hall–Kier alpha value is -1.76. The van der Waals surface area contributed by atoms with Gasteiger partial charge in [0.25, 0.3) is 0 Å². The number of carbonyl (C=O) groups is 1. The molecule has 7 heteroatoms. The lowest BCUT2D eigenvalue weighted by Gasteiger charge is -2.25. The van der Waals surface area contributed by atoms with Crippen molar-refractivity contribution in [3.63, 3.8) is 0 Å². The molecule has 6 nitrogen and oxygen atoms in total. The Morgan fingerprint density at radius 2 is 1.95 bits per heavy atom. The maximum atomic E-state index is 11.4. The molecule has 1 aromatic rings. The van der Waals surface area contributed by atoms with Gasteiger partial charge >= 0.3 is 0 Å². The van der Waals surface area contributed by atoms with Crippen LogP contribution in [0.3, 0.4) is 0 Å². The first-order valence-corrected chi connectivity index (χ1v) is 8.44. The van der Waals surface area contributed by atoms with Gasteiger partial charge in [0, 0.05) is 11.7 Å². The normalized spacial score (nSPS) is 21.3. The highest BCUT2D eigenvalue weighted by Gasteiger charge is 2.25. The zero-order valence-corrected chi connectivity index (χ0v) is 11.8. The molecule has 3 rings (SSSR count). The van der Waals surface area contributed by atoms with Gasteiger partial charge in [-0.2, -0.15) is 0 Å². The summed E-state index contributed by atoms with van der Waals surface area (Å²) in [5.41, 5.74) is 9.03. The van der Waals surface area contributed by atoms with Crippen LogP contribution in [0.5, 0.6) is 0 Å². The van der Waals surface area contributed by atoms with Crippen molar-refractivity contribution >= 4 is 32.8 Å². The van der Waals surface area contributed by atoms with E-state index in [0.29, 0.717) is 24.9 Å². The van der Waals surface area contributed by atoms with Gasteiger partial charge in [0.2, 0.25) is 5.91 Å². The number of sulfone groups is 1. The fourth-order valence-corrected chi connectivity index (χ4v) is 4.16. The molecule has 2 aliphatic rings. The molecule has 0 aromatic heterocycles. The minimum atomic E-state index is -2.86. The molecule has 1 fully saturated rings. The summed E-state index contributed by atoms with van der Waals surface area (Å²) in [4.78, 5) is 11.3. The zero-order valence-electron chi connectivity index (χ0n) is 11.0. The van der Waals surface area contributed by atoms with E-state index in [4.69, 9.17) is 5.73 Å². The molecule has 0 aliphatic carbocycles. The van der Waals surface area contributed by atoms with E-state index in [9.17, 15) is 13.2 Å². The number of nitrogens with two attached hydrogens (primary N) is 1. The van der Waals surface area contributed by atoms with E-state index in [0.717, 1.165) is 16.9 Å². The third kappa shape index (κ3) is 2.58. The highest BCUT2D eigenvalue weighted by atomic mass is 32.2. The van der Waals surface area contributed by atoms with Crippen LogP contribution in [0.15, 0.2) is 12.1 Å². The molecular weight excluding hydrogens is 278 g/mol. The van der Waals surface area contributed by atoms with Crippen LogP contribution < -0.4 is 16.4 Å². The molecule has 4 N–H and O–H groups in total. The molecule has 0 spiro atoms. The van der Waals surface area contributed by atoms with Gasteiger partial charge < -0.3 is 16.4 Å². The van der Waals surface area contributed by atoms with Crippen molar-refractivity contribution in [3.05, 3.63) is 17.7 Å². The van der Waals surface area contributed by atoms with Crippen LogP contribution >= 0.6 is 0 Å². The lowest BCUT2D eigenvalue weighted by molar-refractivity contribution is -0.115. The van der Waals surface area contributed by atoms with Crippen molar-refractivity contribution in [2.24, 2.45) is 0 Å². The number of nitrogen functional groups attached to an aromatic ring is 1. The maximum Gasteiger partial charge on any atom is 0.228 e. The first-order valence-electron chi connectivity index (χ1n) is 6.62. The Bertz CT molecular complexity index is 656. The molecular formula is C13H17N3O3S. The standard InChI is InChI=1S/C13H17N3O3S/c14-10-5-8-6-13(17)16-11(8)7-12(10)15-9-1-3-20(18,19)4-2-9/h5,7,9,15H,1-4,6,14H2,(H,16,17). The van der Waals surface area contributed by atoms with Gasteiger partial charge in [0.05, 0.1) is 29.3 Å². The predicted molar refractivity (Wildman–Crippen MR) is 78.5 cm³/mol. The van der Waals surface area contributed by atoms with E-state index in [1.807, 2.05) is 6.07 Å². The Kier molecular flexibility index (Phi) is 3.08. The smallest absolute Gasteiger partial charge is 0.228 e. The number of rotatable bonds is 2. The number of fused-ring (bicyclic) bond motifs is 1. The number of hydrogen-bond donors (Lipinski definition) is 3. The fraction of sp³-hybridized carbons (Fsp3) is 0.462. The van der Waals surface area contributed by atoms with Crippen molar-refractivity contribution in [1.29, 1.82) is 0 Å². The van der Waals surface area contributed by atoms with Gasteiger partial charge in [-0.15, -0.1) is 0 Å². The summed E-state index contributed by atoms with van der Waals surface area (Å²) in [6.45, 7) is 0. The van der Waals surface area contributed by atoms with E-state index in [1.165, 1.54) is 0 Å². The molecule has 0 bridgehead atoms. The first kappa shape index (κ1) is 13.2. The Balaban J connectivity index is 1.76. The molecule has 1 amide bonds. The second-order valence-electron chi connectivity index (χ2n) is 5.39. The summed E-state index contributed by atoms with van der Waals surface area (Å²) in [6, 6.07) is 3.74. The molecule has 0 saturated carbocycles. The Labute approximate surface area is 117 Å². The van der Waals surface area contributed by atoms with Gasteiger partial charge in [-0.05, 0) is 30.5 Å². The summed E-state index contributed by atoms with van der Waals surface area (Å²) in [6.07, 6.45) is 1.54. The fourth-order valence-electron chi connectivity index (χ4n) is 2.67. The van der Waals surface area contributed by atoms with Gasteiger partial charge in [-0.3, -0.25) is 4.79 Å². The molecule has 0 radical (unpaired) electrons. The van der Waals surface area contributed by atoms with E-state index in [2.05, 4.69) is 10.6 Å². The van der Waals surface area contributed by atoms with E-state index in [1.54, 1.807) is 6.07 Å². The van der Waals surface area contributed by atoms with Crippen molar-refractivity contribution in [3.8, 4) is 0 Å². The summed E-state index contributed by atoms with van der Waals surface area (Å²) < 4.78 is 22.8. The van der Waals surface area contributed by atoms with Crippen LogP contribution in [0.1, 0.15) is 18.4 Å². The quantitative estimate of drug-likeness (QED) is 0.699. The summed E-state index contributed by atoms with van der Waals surface area (Å²) in [7, 11) is -2.86. The highest BCUT2D eigenvalue weighted by Crippen LogP contribution is 2.32. The number of carbonyl (C=O) groups excluding carboxylic acids is 1. The largest absolute Gasteiger partial charge is 0.397 e. The zero-order chi connectivity index (χ0) is 14.3. The highest BCUT2D eigenvalue weighted by molar-refractivity contribution is 7.91. The molecule has 0 unspecified atom stereocenters. The topological polar surface area (TPSA) is 101 Å². The van der Waals surface area contributed by atoms with Gasteiger partial charge in [-0.1, -0.05) is 0 Å². The molecule has 1 aromatic carbocycles. The van der Waals surface area contributed by atoms with E-state index >= 15 is 0 Å². The Morgan fingerprint density at radius 1 is 1.25 bits per heavy atom. The SMILES string of the molecule is Nc1cc2c(cc1NC1CCS(=O)(=O)CC1)NC(=O)C2. The molecule has 2 aliphatic heterocycles. The lowest BCUT2D eigenvalue weighted by Crippen LogP contribution is -2.32. The average Bonchev–Trinajstić information content (AvgIpc) is 2.71. The second kappa shape index (κ2) is 4.66. The molecule has 108 valence electrons. The molecule has 0 atom stereocenters. The van der Waals surface area contributed by atoms with Crippen molar-refractivity contribution in [1.82, 2.24) is 0 Å². The second-order valence-corrected chi connectivity index (χ2v) is 7.70. The summed E-state index contributed by atoms with van der Waals surface area (Å²) in [5, 5.41) is 6.08. The van der Waals surface area contributed by atoms with Crippen LogP contribution in [-0.4, -0.2) is 31.9 Å². The first-order chi connectivity index (χ1) is 9.43. The third-order valence-electron chi connectivity index (χ3n) is 3.81. The van der Waals surface area contributed by atoms with Crippen molar-refractivity contribution < 1.29 is 13.2 Å². The minimum absolute atomic E-state index is 0.0275. The van der Waals surface area contributed by atoms with Crippen LogP contribution in [0.2, 0.25) is 0 Å². The average molecular weight is 295 g/mol. The molecule has 20 heavy (non-hydrogen) atoms. The van der Waals surface area contributed by atoms with Crippen LogP contribution in [-0.2, 0) is 21.1 Å². The van der Waals surface area contributed by atoms with E-state index in [-0.39, 0.29) is 23.5 Å². The van der Waals surface area contributed by atoms with Crippen LogP contribution in [0.4, 0.5) is 17.1 Å². The maximum absolute atomic E-state index is 11.4. The number of benzene rings is 1. The number of amides is 1. The number of anilines is 3. The van der Waals surface area contributed by atoms with E-state index < -0.39 is 9.84 Å². The van der Waals surface area contributed by atoms with Crippen molar-refractivity contribution in [2.45, 2.75) is 25.3 Å². The van der Waals surface area contributed by atoms with Gasteiger partial charge in [0.1, 0.15) is 9.84 Å². The molecule has 1 saturated heterocycles. The predicted octanol–water partition coefficient (Wildman–Crippen LogP) is 0.752. The monoisotopic (exact) mass is 295 g/mol. The van der Waals surface area contributed by atoms with Crippen molar-refractivity contribution in [2.75, 3.05) is 27.9 Å².